The maximum Gasteiger partial charge on any atom is 0.191 e. The van der Waals surface area contributed by atoms with Gasteiger partial charge in [0.15, 0.2) is 5.96 Å². The molecule has 0 bridgehead atoms. The van der Waals surface area contributed by atoms with Crippen LogP contribution < -0.4 is 10.6 Å². The van der Waals surface area contributed by atoms with Crippen molar-refractivity contribution in [2.24, 2.45) is 4.99 Å². The van der Waals surface area contributed by atoms with E-state index in [1.165, 1.54) is 42.6 Å². The van der Waals surface area contributed by atoms with Crippen LogP contribution in [0.15, 0.2) is 72.0 Å². The lowest BCUT2D eigenvalue weighted by Crippen LogP contribution is -2.36. The molecule has 31 heavy (non-hydrogen) atoms. The van der Waals surface area contributed by atoms with Crippen molar-refractivity contribution in [2.75, 3.05) is 20.1 Å². The highest BCUT2D eigenvalue weighted by molar-refractivity contribution is 5.79. The standard InChI is InChI=1S/C25H32N6/c1-26-25(27-15-21-9-11-23(12-10-21)18-30-13-5-6-14-30)28-16-24-17-29-31(20-24)19-22-7-3-2-4-8-22/h2-4,7-12,17,20H,5-6,13-16,18-19H2,1H3,(H2,26,27,28). The van der Waals surface area contributed by atoms with Gasteiger partial charge < -0.3 is 10.6 Å². The van der Waals surface area contributed by atoms with Crippen LogP contribution >= 0.6 is 0 Å². The van der Waals surface area contributed by atoms with Crippen molar-refractivity contribution in [2.45, 2.75) is 39.0 Å². The summed E-state index contributed by atoms with van der Waals surface area (Å²) in [7, 11) is 1.80. The van der Waals surface area contributed by atoms with Crippen LogP contribution in [-0.4, -0.2) is 40.8 Å². The van der Waals surface area contributed by atoms with Gasteiger partial charge in [0.05, 0.1) is 12.7 Å². The predicted molar refractivity (Wildman–Crippen MR) is 126 cm³/mol. The Kier molecular flexibility index (Phi) is 7.34. The van der Waals surface area contributed by atoms with Crippen molar-refractivity contribution in [3.8, 4) is 0 Å². The normalized spacial score (nSPS) is 14.7. The number of benzene rings is 2. The lowest BCUT2D eigenvalue weighted by molar-refractivity contribution is 0.331. The third kappa shape index (κ3) is 6.43. The summed E-state index contributed by atoms with van der Waals surface area (Å²) in [6, 6.07) is 19.3. The fourth-order valence-electron chi connectivity index (χ4n) is 3.91. The second kappa shape index (κ2) is 10.8. The highest BCUT2D eigenvalue weighted by Gasteiger charge is 2.11. The van der Waals surface area contributed by atoms with E-state index in [4.69, 9.17) is 0 Å². The topological polar surface area (TPSA) is 57.5 Å². The number of aliphatic imine (C=N–C) groups is 1. The van der Waals surface area contributed by atoms with Crippen LogP contribution in [0.5, 0.6) is 0 Å². The predicted octanol–water partition coefficient (Wildman–Crippen LogP) is 3.39. The minimum absolute atomic E-state index is 0.684. The molecule has 6 heteroatoms. The summed E-state index contributed by atoms with van der Waals surface area (Å²) >= 11 is 0. The first-order valence-electron chi connectivity index (χ1n) is 11.1. The van der Waals surface area contributed by atoms with Gasteiger partial charge in [-0.2, -0.15) is 5.10 Å². The molecule has 2 N–H and O–H groups in total. The third-order valence-corrected chi connectivity index (χ3v) is 5.65. The molecule has 1 aliphatic heterocycles. The summed E-state index contributed by atoms with van der Waals surface area (Å²) in [6.45, 7) is 5.74. The van der Waals surface area contributed by atoms with Crippen molar-refractivity contribution >= 4 is 5.96 Å². The zero-order valence-electron chi connectivity index (χ0n) is 18.3. The van der Waals surface area contributed by atoms with Crippen molar-refractivity contribution in [3.05, 3.63) is 89.2 Å². The van der Waals surface area contributed by atoms with E-state index in [-0.39, 0.29) is 0 Å². The molecule has 0 saturated carbocycles. The molecule has 0 amide bonds. The molecular formula is C25H32N6. The Morgan fingerprint density at radius 1 is 0.839 bits per heavy atom. The number of rotatable bonds is 8. The van der Waals surface area contributed by atoms with Crippen LogP contribution in [-0.2, 0) is 26.2 Å². The maximum atomic E-state index is 4.47. The van der Waals surface area contributed by atoms with E-state index in [1.54, 1.807) is 7.05 Å². The van der Waals surface area contributed by atoms with E-state index < -0.39 is 0 Å². The Hall–Kier alpha value is -3.12. The van der Waals surface area contributed by atoms with E-state index >= 15 is 0 Å². The average Bonchev–Trinajstić information content (AvgIpc) is 3.48. The van der Waals surface area contributed by atoms with Gasteiger partial charge in [-0.15, -0.1) is 0 Å². The molecule has 6 nitrogen and oxygen atoms in total. The quantitative estimate of drug-likeness (QED) is 0.437. The van der Waals surface area contributed by atoms with Crippen molar-refractivity contribution < 1.29 is 0 Å². The van der Waals surface area contributed by atoms with Gasteiger partial charge in [0.1, 0.15) is 0 Å². The van der Waals surface area contributed by atoms with Crippen LogP contribution in [0.2, 0.25) is 0 Å². The van der Waals surface area contributed by atoms with Crippen LogP contribution in [0.3, 0.4) is 0 Å². The molecule has 0 atom stereocenters. The zero-order chi connectivity index (χ0) is 21.3. The summed E-state index contributed by atoms with van der Waals surface area (Å²) in [5, 5.41) is 11.2. The second-order valence-electron chi connectivity index (χ2n) is 8.11. The fourth-order valence-corrected chi connectivity index (χ4v) is 3.91. The number of nitrogens with one attached hydrogen (secondary N) is 2. The molecule has 4 rings (SSSR count). The third-order valence-electron chi connectivity index (χ3n) is 5.65. The number of aromatic nitrogens is 2. The number of likely N-dealkylation sites (tertiary alicyclic amines) is 1. The lowest BCUT2D eigenvalue weighted by atomic mass is 10.1. The molecule has 0 aliphatic carbocycles. The van der Waals surface area contributed by atoms with Gasteiger partial charge in [0, 0.05) is 38.4 Å². The van der Waals surface area contributed by atoms with Gasteiger partial charge in [0.25, 0.3) is 0 Å². The number of hydrogen-bond donors (Lipinski definition) is 2. The van der Waals surface area contributed by atoms with E-state index in [0.717, 1.165) is 31.2 Å². The van der Waals surface area contributed by atoms with E-state index in [9.17, 15) is 0 Å². The molecular weight excluding hydrogens is 384 g/mol. The van der Waals surface area contributed by atoms with Gasteiger partial charge in [-0.1, -0.05) is 54.6 Å². The Labute approximate surface area is 185 Å². The van der Waals surface area contributed by atoms with Crippen LogP contribution in [0, 0.1) is 0 Å². The molecule has 1 aromatic heterocycles. The molecule has 3 aromatic rings. The first-order valence-corrected chi connectivity index (χ1v) is 11.1. The van der Waals surface area contributed by atoms with Crippen LogP contribution in [0.4, 0.5) is 0 Å². The first kappa shape index (κ1) is 21.1. The van der Waals surface area contributed by atoms with E-state index in [1.807, 2.05) is 16.9 Å². The fraction of sp³-hybridized carbons (Fsp3) is 0.360. The van der Waals surface area contributed by atoms with Gasteiger partial charge in [0.2, 0.25) is 0 Å². The van der Waals surface area contributed by atoms with E-state index in [2.05, 4.69) is 80.4 Å². The van der Waals surface area contributed by atoms with Crippen LogP contribution in [0.1, 0.15) is 35.1 Å². The molecule has 0 radical (unpaired) electrons. The Balaban J connectivity index is 1.22. The summed E-state index contributed by atoms with van der Waals surface area (Å²) in [4.78, 5) is 6.87. The monoisotopic (exact) mass is 416 g/mol. The number of nitrogens with zero attached hydrogens (tertiary/aromatic N) is 4. The van der Waals surface area contributed by atoms with Gasteiger partial charge in [-0.05, 0) is 42.6 Å². The Morgan fingerprint density at radius 2 is 1.48 bits per heavy atom. The lowest BCUT2D eigenvalue weighted by Gasteiger charge is -2.15. The summed E-state index contributed by atoms with van der Waals surface area (Å²) < 4.78 is 1.96. The molecule has 2 aromatic carbocycles. The second-order valence-corrected chi connectivity index (χ2v) is 8.11. The summed E-state index contributed by atoms with van der Waals surface area (Å²) in [5.41, 5.74) is 5.02. The Morgan fingerprint density at radius 3 is 2.19 bits per heavy atom. The molecule has 0 unspecified atom stereocenters. The highest BCUT2D eigenvalue weighted by Crippen LogP contribution is 2.13. The molecule has 1 aliphatic rings. The smallest absolute Gasteiger partial charge is 0.191 e. The number of hydrogen-bond acceptors (Lipinski definition) is 3. The van der Waals surface area contributed by atoms with Gasteiger partial charge in [-0.25, -0.2) is 0 Å². The minimum atomic E-state index is 0.684. The van der Waals surface area contributed by atoms with Crippen molar-refractivity contribution in [3.63, 3.8) is 0 Å². The Bertz CT molecular complexity index is 955. The molecule has 1 saturated heterocycles. The van der Waals surface area contributed by atoms with Gasteiger partial charge in [-0.3, -0.25) is 14.6 Å². The molecule has 162 valence electrons. The molecule has 0 spiro atoms. The molecule has 1 fully saturated rings. The summed E-state index contributed by atoms with van der Waals surface area (Å²) in [6.07, 6.45) is 6.65. The minimum Gasteiger partial charge on any atom is -0.352 e. The van der Waals surface area contributed by atoms with E-state index in [0.29, 0.717) is 6.54 Å². The SMILES string of the molecule is CN=C(NCc1ccc(CN2CCCC2)cc1)NCc1cnn(Cc2ccccc2)c1. The van der Waals surface area contributed by atoms with Gasteiger partial charge >= 0.3 is 0 Å². The highest BCUT2D eigenvalue weighted by atomic mass is 15.3. The maximum absolute atomic E-state index is 4.47. The average molecular weight is 417 g/mol. The zero-order valence-corrected chi connectivity index (χ0v) is 18.3. The number of guanidine groups is 1. The largest absolute Gasteiger partial charge is 0.352 e. The molecule has 2 heterocycles. The first-order chi connectivity index (χ1) is 15.3. The van der Waals surface area contributed by atoms with Crippen molar-refractivity contribution in [1.29, 1.82) is 0 Å². The summed E-state index contributed by atoms with van der Waals surface area (Å²) in [5.74, 6) is 0.789. The van der Waals surface area contributed by atoms with Crippen molar-refractivity contribution in [1.82, 2.24) is 25.3 Å². The van der Waals surface area contributed by atoms with Crippen LogP contribution in [0.25, 0.3) is 0 Å².